The molecule has 3 aliphatic heterocycles. The molecular formula is C43H52N6O4. The quantitative estimate of drug-likeness (QED) is 0.218. The molecule has 0 unspecified atom stereocenters. The zero-order valence-electron chi connectivity index (χ0n) is 31.6. The summed E-state index contributed by atoms with van der Waals surface area (Å²) in [6.07, 6.45) is 3.38. The third kappa shape index (κ3) is 7.75. The zero-order chi connectivity index (χ0) is 37.1. The van der Waals surface area contributed by atoms with Crippen LogP contribution >= 0.6 is 0 Å². The summed E-state index contributed by atoms with van der Waals surface area (Å²) in [6.45, 7) is 10.1. The fraction of sp³-hybridized carbons (Fsp3) is 0.419. The van der Waals surface area contributed by atoms with Gasteiger partial charge in [-0.2, -0.15) is 0 Å². The molecule has 0 bridgehead atoms. The van der Waals surface area contributed by atoms with Crippen LogP contribution in [-0.4, -0.2) is 101 Å². The van der Waals surface area contributed by atoms with Crippen molar-refractivity contribution in [2.24, 2.45) is 7.05 Å². The molecule has 3 aromatic carbocycles. The second-order valence-corrected chi connectivity index (χ2v) is 14.8. The van der Waals surface area contributed by atoms with Crippen molar-refractivity contribution in [3.05, 3.63) is 112 Å². The largest absolute Gasteiger partial charge is 0.379 e. The van der Waals surface area contributed by atoms with E-state index < -0.39 is 0 Å². The lowest BCUT2D eigenvalue weighted by molar-refractivity contribution is 0.0193. The number of nitrogens with one attached hydrogen (secondary N) is 1. The number of unbranched alkanes of at least 4 members (excludes halogenated alkanes) is 1. The Balaban J connectivity index is 1.28. The lowest BCUT2D eigenvalue weighted by Crippen LogP contribution is -2.52. The summed E-state index contributed by atoms with van der Waals surface area (Å²) < 4.78 is 7.71. The third-order valence-corrected chi connectivity index (χ3v) is 11.3. The molecule has 4 aromatic rings. The highest BCUT2D eigenvalue weighted by Gasteiger charge is 2.35. The molecule has 0 aliphatic carbocycles. The van der Waals surface area contributed by atoms with Gasteiger partial charge in [0.15, 0.2) is 0 Å². The highest BCUT2D eigenvalue weighted by Crippen LogP contribution is 2.36. The van der Waals surface area contributed by atoms with Gasteiger partial charge in [-0.25, -0.2) is 4.79 Å². The molecule has 0 radical (unpaired) electrons. The van der Waals surface area contributed by atoms with E-state index >= 15 is 4.79 Å². The number of hydrogen-bond donors (Lipinski definition) is 1. The average Bonchev–Trinajstić information content (AvgIpc) is 3.48. The third-order valence-electron chi connectivity index (χ3n) is 11.3. The van der Waals surface area contributed by atoms with Crippen LogP contribution in [0.2, 0.25) is 0 Å². The molecule has 0 saturated carbocycles. The number of morpholine rings is 1. The maximum atomic E-state index is 15.3. The summed E-state index contributed by atoms with van der Waals surface area (Å²) >= 11 is 0. The first-order valence-corrected chi connectivity index (χ1v) is 19.1. The van der Waals surface area contributed by atoms with E-state index in [-0.39, 0.29) is 23.9 Å². The summed E-state index contributed by atoms with van der Waals surface area (Å²) in [5.41, 5.74) is 9.05. The SMILES string of the molecule is CCCCN(C)C(=O)c1cc(-c2cc3c(cc2C(=O)N2Cc4ccccc4C[C@H]2CN2CCOCC2)CN(C(=O)Nc2ccccc2)CC3)n(C)c1C. The number of amides is 4. The molecule has 7 rings (SSSR count). The van der Waals surface area contributed by atoms with Crippen molar-refractivity contribution in [2.45, 2.75) is 58.7 Å². The van der Waals surface area contributed by atoms with E-state index in [9.17, 15) is 9.59 Å². The Morgan fingerprint density at radius 2 is 1.60 bits per heavy atom. The van der Waals surface area contributed by atoms with E-state index in [2.05, 4.69) is 50.9 Å². The molecule has 1 saturated heterocycles. The van der Waals surface area contributed by atoms with Crippen LogP contribution < -0.4 is 5.32 Å². The molecule has 53 heavy (non-hydrogen) atoms. The summed E-state index contributed by atoms with van der Waals surface area (Å²) in [4.78, 5) is 50.5. The smallest absolute Gasteiger partial charge is 0.322 e. The minimum atomic E-state index is -0.162. The van der Waals surface area contributed by atoms with E-state index in [0.717, 1.165) is 72.7 Å². The number of ether oxygens (including phenoxy) is 1. The predicted molar refractivity (Wildman–Crippen MR) is 208 cm³/mol. The molecule has 10 heteroatoms. The fourth-order valence-electron chi connectivity index (χ4n) is 8.00. The van der Waals surface area contributed by atoms with Crippen LogP contribution in [0.25, 0.3) is 11.3 Å². The number of benzene rings is 3. The van der Waals surface area contributed by atoms with Crippen molar-refractivity contribution in [1.29, 1.82) is 0 Å². The van der Waals surface area contributed by atoms with E-state index in [4.69, 9.17) is 4.74 Å². The van der Waals surface area contributed by atoms with Gasteiger partial charge in [-0.05, 0) is 78.8 Å². The van der Waals surface area contributed by atoms with Crippen molar-refractivity contribution in [3.63, 3.8) is 0 Å². The molecule has 4 amide bonds. The van der Waals surface area contributed by atoms with Gasteiger partial charge >= 0.3 is 6.03 Å². The van der Waals surface area contributed by atoms with Crippen molar-refractivity contribution in [2.75, 3.05) is 58.3 Å². The maximum absolute atomic E-state index is 15.3. The van der Waals surface area contributed by atoms with Gasteiger partial charge in [0, 0.05) is 94.2 Å². The summed E-state index contributed by atoms with van der Waals surface area (Å²) in [6, 6.07) is 23.9. The second-order valence-electron chi connectivity index (χ2n) is 14.8. The number of carbonyl (C=O) groups excluding carboxylic acids is 3. The summed E-state index contributed by atoms with van der Waals surface area (Å²) in [5.74, 6) is -0.0462. The molecule has 0 spiro atoms. The zero-order valence-corrected chi connectivity index (χ0v) is 31.6. The second kappa shape index (κ2) is 16.0. The van der Waals surface area contributed by atoms with Gasteiger partial charge in [-0.15, -0.1) is 0 Å². The standard InChI is InChI=1S/C43H52N6O4/c1-5-6-17-45(3)41(50)37-26-40(46(4)30(37)2)38-24-32-16-18-48(43(52)44-35-14-8-7-9-15-35)27-34(32)25-39(38)42(51)49-28-33-13-11-10-12-31(33)23-36(49)29-47-19-21-53-22-20-47/h7-15,24-26,36H,5-6,16-23,27-29H2,1-4H3,(H,44,52)/t36-/m0/s1. The lowest BCUT2D eigenvalue weighted by Gasteiger charge is -2.41. The number of para-hydroxylation sites is 1. The molecule has 4 heterocycles. The molecule has 1 aromatic heterocycles. The Kier molecular flexibility index (Phi) is 11.0. The number of rotatable bonds is 9. The van der Waals surface area contributed by atoms with Crippen molar-refractivity contribution < 1.29 is 19.1 Å². The number of nitrogens with zero attached hydrogens (tertiary/aromatic N) is 5. The highest BCUT2D eigenvalue weighted by atomic mass is 16.5. The van der Waals surface area contributed by atoms with Crippen molar-refractivity contribution in [3.8, 4) is 11.3 Å². The van der Waals surface area contributed by atoms with Crippen LogP contribution in [0.5, 0.6) is 0 Å². The monoisotopic (exact) mass is 716 g/mol. The minimum Gasteiger partial charge on any atom is -0.379 e. The topological polar surface area (TPSA) is 90.4 Å². The van der Waals surface area contributed by atoms with E-state index in [1.165, 1.54) is 11.1 Å². The molecular weight excluding hydrogens is 665 g/mol. The first kappa shape index (κ1) is 36.4. The Labute approximate surface area is 313 Å². The lowest BCUT2D eigenvalue weighted by atomic mass is 9.89. The van der Waals surface area contributed by atoms with Gasteiger partial charge in [0.05, 0.1) is 18.8 Å². The number of fused-ring (bicyclic) bond motifs is 2. The van der Waals surface area contributed by atoms with Crippen LogP contribution in [0.1, 0.15) is 68.4 Å². The number of carbonyl (C=O) groups is 3. The number of aromatic nitrogens is 1. The van der Waals surface area contributed by atoms with Crippen LogP contribution in [-0.2, 0) is 37.7 Å². The Morgan fingerprint density at radius 3 is 2.36 bits per heavy atom. The van der Waals surface area contributed by atoms with Crippen LogP contribution in [0.4, 0.5) is 10.5 Å². The van der Waals surface area contributed by atoms with Gasteiger partial charge in [0.2, 0.25) is 0 Å². The average molecular weight is 717 g/mol. The summed E-state index contributed by atoms with van der Waals surface area (Å²) in [7, 11) is 3.84. The maximum Gasteiger partial charge on any atom is 0.322 e. The van der Waals surface area contributed by atoms with Crippen LogP contribution in [0.3, 0.4) is 0 Å². The minimum absolute atomic E-state index is 0.0121. The first-order chi connectivity index (χ1) is 25.7. The van der Waals surface area contributed by atoms with Gasteiger partial charge in [0.25, 0.3) is 11.8 Å². The highest BCUT2D eigenvalue weighted by molar-refractivity contribution is 6.03. The van der Waals surface area contributed by atoms with Gasteiger partial charge in [-0.1, -0.05) is 55.8 Å². The predicted octanol–water partition coefficient (Wildman–Crippen LogP) is 6.36. The van der Waals surface area contributed by atoms with Crippen LogP contribution in [0.15, 0.2) is 72.8 Å². The van der Waals surface area contributed by atoms with Gasteiger partial charge in [-0.3, -0.25) is 14.5 Å². The van der Waals surface area contributed by atoms with Crippen molar-refractivity contribution >= 4 is 23.5 Å². The molecule has 278 valence electrons. The molecule has 1 atom stereocenters. The van der Waals surface area contributed by atoms with Gasteiger partial charge < -0.3 is 29.3 Å². The van der Waals surface area contributed by atoms with E-state index in [0.29, 0.717) is 56.9 Å². The Hall–Kier alpha value is -4.93. The molecule has 3 aliphatic rings. The van der Waals surface area contributed by atoms with Crippen LogP contribution in [0, 0.1) is 6.92 Å². The first-order valence-electron chi connectivity index (χ1n) is 19.1. The normalized spacial score (nSPS) is 17.2. The molecule has 1 N–H and O–H groups in total. The number of anilines is 1. The van der Waals surface area contributed by atoms with Gasteiger partial charge in [0.1, 0.15) is 0 Å². The number of hydrogen-bond acceptors (Lipinski definition) is 5. The molecule has 1 fully saturated rings. The van der Waals surface area contributed by atoms with E-state index in [1.807, 2.05) is 74.4 Å². The number of urea groups is 1. The fourth-order valence-corrected chi connectivity index (χ4v) is 8.00. The summed E-state index contributed by atoms with van der Waals surface area (Å²) in [5, 5.41) is 3.03. The van der Waals surface area contributed by atoms with Crippen molar-refractivity contribution in [1.82, 2.24) is 24.2 Å². The molecule has 10 nitrogen and oxygen atoms in total. The Bertz CT molecular complexity index is 1970. The Morgan fingerprint density at radius 1 is 0.868 bits per heavy atom. The van der Waals surface area contributed by atoms with E-state index in [1.54, 1.807) is 4.90 Å².